The van der Waals surface area contributed by atoms with Gasteiger partial charge >= 0.3 is 0 Å². The summed E-state index contributed by atoms with van der Waals surface area (Å²) in [5.74, 6) is 0. The van der Waals surface area contributed by atoms with Crippen LogP contribution in [0.1, 0.15) is 40.0 Å². The molecule has 1 N–H and O–H groups in total. The van der Waals surface area contributed by atoms with Crippen LogP contribution in [0.3, 0.4) is 0 Å². The molecule has 1 rings (SSSR count). The molecule has 0 radical (unpaired) electrons. The Balaban J connectivity index is 2.45. The molecule has 2 heteroatoms. The molecule has 0 bridgehead atoms. The van der Waals surface area contributed by atoms with Crippen molar-refractivity contribution in [2.45, 2.75) is 51.8 Å². The number of ether oxygens (including phenoxy) is 1. The van der Waals surface area contributed by atoms with Crippen molar-refractivity contribution in [2.75, 3.05) is 6.61 Å². The van der Waals surface area contributed by atoms with Crippen LogP contribution < -0.4 is 5.32 Å². The van der Waals surface area contributed by atoms with Crippen molar-refractivity contribution in [3.8, 4) is 0 Å². The summed E-state index contributed by atoms with van der Waals surface area (Å²) in [6.45, 7) is 7.44. The van der Waals surface area contributed by atoms with Gasteiger partial charge < -0.3 is 4.74 Å². The highest BCUT2D eigenvalue weighted by molar-refractivity contribution is 4.82. The van der Waals surface area contributed by atoms with Gasteiger partial charge in [0.15, 0.2) is 0 Å². The summed E-state index contributed by atoms with van der Waals surface area (Å²) in [5, 5.41) is 3.48. The molecule has 2 nitrogen and oxygen atoms in total. The van der Waals surface area contributed by atoms with Crippen LogP contribution in [0.4, 0.5) is 0 Å². The van der Waals surface area contributed by atoms with Crippen molar-refractivity contribution in [3.63, 3.8) is 0 Å². The van der Waals surface area contributed by atoms with Crippen molar-refractivity contribution in [1.29, 1.82) is 0 Å². The maximum absolute atomic E-state index is 5.69. The summed E-state index contributed by atoms with van der Waals surface area (Å²) in [6.07, 6.45) is 3.44. The van der Waals surface area contributed by atoms with Crippen LogP contribution >= 0.6 is 0 Å². The summed E-state index contributed by atoms with van der Waals surface area (Å²) in [4.78, 5) is 0. The number of hydrogen-bond donors (Lipinski definition) is 1. The summed E-state index contributed by atoms with van der Waals surface area (Å²) in [6, 6.07) is 0.521. The van der Waals surface area contributed by atoms with Gasteiger partial charge in [0.2, 0.25) is 0 Å². The van der Waals surface area contributed by atoms with Gasteiger partial charge in [-0.15, -0.1) is 0 Å². The Morgan fingerprint density at radius 3 is 2.64 bits per heavy atom. The Hall–Kier alpha value is -0.0800. The minimum absolute atomic E-state index is 0.00810. The zero-order chi connectivity index (χ0) is 8.32. The number of hydrogen-bond acceptors (Lipinski definition) is 2. The molecule has 1 fully saturated rings. The largest absolute Gasteiger partial charge is 0.361 e. The first kappa shape index (κ1) is 9.01. The van der Waals surface area contributed by atoms with Gasteiger partial charge in [0.25, 0.3) is 0 Å². The lowest BCUT2D eigenvalue weighted by Gasteiger charge is -2.30. The standard InChI is InChI=1S/C9H19NO/c1-4-9(10-8(2)3)6-5-7-11-9/h8,10H,4-7H2,1-3H3. The molecule has 0 spiro atoms. The van der Waals surface area contributed by atoms with Gasteiger partial charge in [0.1, 0.15) is 5.72 Å². The smallest absolute Gasteiger partial charge is 0.119 e. The lowest BCUT2D eigenvalue weighted by molar-refractivity contribution is -0.0335. The van der Waals surface area contributed by atoms with Crippen LogP contribution in [0.5, 0.6) is 0 Å². The Bertz CT molecular complexity index is 117. The van der Waals surface area contributed by atoms with E-state index in [0.29, 0.717) is 6.04 Å². The first-order valence-electron chi connectivity index (χ1n) is 4.60. The summed E-state index contributed by atoms with van der Waals surface area (Å²) < 4.78 is 5.69. The third kappa shape index (κ3) is 2.17. The van der Waals surface area contributed by atoms with Gasteiger partial charge in [0.05, 0.1) is 0 Å². The van der Waals surface area contributed by atoms with E-state index in [1.807, 2.05) is 0 Å². The first-order chi connectivity index (χ1) is 5.18. The second-order valence-electron chi connectivity index (χ2n) is 3.60. The topological polar surface area (TPSA) is 21.3 Å². The molecule has 11 heavy (non-hydrogen) atoms. The maximum atomic E-state index is 5.69. The van der Waals surface area contributed by atoms with E-state index in [2.05, 4.69) is 26.1 Å². The highest BCUT2D eigenvalue weighted by atomic mass is 16.5. The van der Waals surface area contributed by atoms with Crippen molar-refractivity contribution in [1.82, 2.24) is 5.32 Å². The van der Waals surface area contributed by atoms with Gasteiger partial charge in [-0.05, 0) is 33.1 Å². The van der Waals surface area contributed by atoms with Crippen LogP contribution in [0.25, 0.3) is 0 Å². The van der Waals surface area contributed by atoms with E-state index in [1.54, 1.807) is 0 Å². The average molecular weight is 157 g/mol. The first-order valence-corrected chi connectivity index (χ1v) is 4.60. The van der Waals surface area contributed by atoms with Gasteiger partial charge in [-0.1, -0.05) is 6.92 Å². The van der Waals surface area contributed by atoms with E-state index in [1.165, 1.54) is 12.8 Å². The lowest BCUT2D eigenvalue weighted by atomic mass is 10.1. The molecule has 0 aliphatic carbocycles. The van der Waals surface area contributed by atoms with Crippen molar-refractivity contribution in [2.24, 2.45) is 0 Å². The molecule has 1 unspecified atom stereocenters. The monoisotopic (exact) mass is 157 g/mol. The molecule has 0 saturated carbocycles. The second-order valence-corrected chi connectivity index (χ2v) is 3.60. The van der Waals surface area contributed by atoms with Crippen LogP contribution in [0, 0.1) is 0 Å². The predicted molar refractivity (Wildman–Crippen MR) is 46.5 cm³/mol. The third-order valence-electron chi connectivity index (χ3n) is 2.23. The van der Waals surface area contributed by atoms with E-state index in [0.717, 1.165) is 13.0 Å². The number of nitrogens with one attached hydrogen (secondary N) is 1. The Morgan fingerprint density at radius 2 is 2.27 bits per heavy atom. The Labute approximate surface area is 69.3 Å². The molecule has 1 atom stereocenters. The molecule has 1 saturated heterocycles. The quantitative estimate of drug-likeness (QED) is 0.675. The fraction of sp³-hybridized carbons (Fsp3) is 1.00. The van der Waals surface area contributed by atoms with Crippen molar-refractivity contribution < 1.29 is 4.74 Å². The van der Waals surface area contributed by atoms with E-state index >= 15 is 0 Å². The van der Waals surface area contributed by atoms with Crippen LogP contribution in [-0.2, 0) is 4.74 Å². The van der Waals surface area contributed by atoms with Gasteiger partial charge in [-0.3, -0.25) is 5.32 Å². The van der Waals surface area contributed by atoms with Crippen LogP contribution in [0.2, 0.25) is 0 Å². The zero-order valence-corrected chi connectivity index (χ0v) is 7.81. The molecular formula is C9H19NO. The fourth-order valence-corrected chi connectivity index (χ4v) is 1.72. The molecule has 0 aromatic rings. The molecular weight excluding hydrogens is 138 g/mol. The molecule has 1 aliphatic heterocycles. The zero-order valence-electron chi connectivity index (χ0n) is 7.81. The van der Waals surface area contributed by atoms with Crippen molar-refractivity contribution in [3.05, 3.63) is 0 Å². The van der Waals surface area contributed by atoms with Crippen LogP contribution in [0.15, 0.2) is 0 Å². The van der Waals surface area contributed by atoms with E-state index in [4.69, 9.17) is 4.74 Å². The summed E-state index contributed by atoms with van der Waals surface area (Å²) >= 11 is 0. The lowest BCUT2D eigenvalue weighted by Crippen LogP contribution is -2.47. The molecule has 0 aromatic carbocycles. The fourth-order valence-electron chi connectivity index (χ4n) is 1.72. The van der Waals surface area contributed by atoms with Gasteiger partial charge in [-0.2, -0.15) is 0 Å². The Kier molecular flexibility index (Phi) is 2.90. The second kappa shape index (κ2) is 3.55. The summed E-state index contributed by atoms with van der Waals surface area (Å²) in [5.41, 5.74) is 0.00810. The van der Waals surface area contributed by atoms with Crippen LogP contribution in [-0.4, -0.2) is 18.4 Å². The van der Waals surface area contributed by atoms with Gasteiger partial charge in [-0.25, -0.2) is 0 Å². The SMILES string of the molecule is CCC1(NC(C)C)CCCO1. The highest BCUT2D eigenvalue weighted by Gasteiger charge is 2.32. The highest BCUT2D eigenvalue weighted by Crippen LogP contribution is 2.26. The van der Waals surface area contributed by atoms with E-state index < -0.39 is 0 Å². The van der Waals surface area contributed by atoms with E-state index in [-0.39, 0.29) is 5.72 Å². The summed E-state index contributed by atoms with van der Waals surface area (Å²) in [7, 11) is 0. The minimum Gasteiger partial charge on any atom is -0.361 e. The van der Waals surface area contributed by atoms with Crippen molar-refractivity contribution >= 4 is 0 Å². The van der Waals surface area contributed by atoms with E-state index in [9.17, 15) is 0 Å². The Morgan fingerprint density at radius 1 is 1.55 bits per heavy atom. The predicted octanol–water partition coefficient (Wildman–Crippen LogP) is 1.90. The maximum Gasteiger partial charge on any atom is 0.119 e. The third-order valence-corrected chi connectivity index (χ3v) is 2.23. The molecule has 66 valence electrons. The minimum atomic E-state index is 0.00810. The molecule has 1 aliphatic rings. The van der Waals surface area contributed by atoms with Gasteiger partial charge in [0, 0.05) is 12.6 Å². The number of rotatable bonds is 3. The normalized spacial score (nSPS) is 31.6. The average Bonchev–Trinajstić information content (AvgIpc) is 2.36. The molecule has 0 amide bonds. The molecule has 1 heterocycles. The molecule has 0 aromatic heterocycles.